The van der Waals surface area contributed by atoms with Gasteiger partial charge in [-0.25, -0.2) is 4.98 Å². The normalized spacial score (nSPS) is 15.7. The molecular formula is C17H20Cl2N4O. The number of hydrogen-bond acceptors (Lipinski definition) is 3. The van der Waals surface area contributed by atoms with Gasteiger partial charge in [0, 0.05) is 56.7 Å². The number of piperazine rings is 1. The van der Waals surface area contributed by atoms with Gasteiger partial charge in [-0.15, -0.1) is 0 Å². The van der Waals surface area contributed by atoms with Crippen molar-refractivity contribution in [2.24, 2.45) is 0 Å². The molecule has 1 saturated heterocycles. The third kappa shape index (κ3) is 3.91. The average Bonchev–Trinajstić information content (AvgIpc) is 2.98. The van der Waals surface area contributed by atoms with Gasteiger partial charge in [0.05, 0.1) is 10.6 Å². The molecular weight excluding hydrogens is 347 g/mol. The molecule has 0 radical (unpaired) electrons. The molecule has 0 saturated carbocycles. The van der Waals surface area contributed by atoms with Crippen LogP contribution in [0.2, 0.25) is 10.0 Å². The lowest BCUT2D eigenvalue weighted by Gasteiger charge is -2.35. The van der Waals surface area contributed by atoms with E-state index in [2.05, 4.69) is 14.5 Å². The Morgan fingerprint density at radius 2 is 1.92 bits per heavy atom. The number of imidazole rings is 1. The van der Waals surface area contributed by atoms with Crippen molar-refractivity contribution in [2.75, 3.05) is 32.7 Å². The lowest BCUT2D eigenvalue weighted by molar-refractivity contribution is 0.0633. The van der Waals surface area contributed by atoms with Gasteiger partial charge >= 0.3 is 0 Å². The molecule has 3 rings (SSSR count). The Balaban J connectivity index is 1.53. The van der Waals surface area contributed by atoms with Gasteiger partial charge in [0.1, 0.15) is 5.82 Å². The highest BCUT2D eigenvalue weighted by molar-refractivity contribution is 6.36. The minimum absolute atomic E-state index is 0.0261. The van der Waals surface area contributed by atoms with Crippen molar-refractivity contribution >= 4 is 29.1 Å². The van der Waals surface area contributed by atoms with Gasteiger partial charge in [0.25, 0.3) is 5.91 Å². The molecule has 0 atom stereocenters. The first kappa shape index (κ1) is 17.3. The van der Waals surface area contributed by atoms with Crippen molar-refractivity contribution in [2.45, 2.75) is 13.5 Å². The molecule has 0 spiro atoms. The predicted molar refractivity (Wildman–Crippen MR) is 95.8 cm³/mol. The van der Waals surface area contributed by atoms with Gasteiger partial charge in [-0.3, -0.25) is 9.69 Å². The molecule has 1 amide bonds. The molecule has 0 bridgehead atoms. The molecule has 1 aromatic heterocycles. The molecule has 128 valence electrons. The lowest BCUT2D eigenvalue weighted by Crippen LogP contribution is -2.49. The van der Waals surface area contributed by atoms with E-state index in [0.29, 0.717) is 28.7 Å². The maximum absolute atomic E-state index is 12.6. The standard InChI is InChI=1S/C17H20Cl2N4O/c1-13-20-4-5-22(13)9-6-21-7-10-23(11-8-21)17(24)15-3-2-14(18)12-16(15)19/h2-5,12H,6-11H2,1H3. The topological polar surface area (TPSA) is 41.4 Å². The predicted octanol–water partition coefficient (Wildman–Crippen LogP) is 2.96. The second kappa shape index (κ2) is 7.55. The number of aryl methyl sites for hydroxylation is 1. The number of hydrogen-bond donors (Lipinski definition) is 0. The Labute approximate surface area is 151 Å². The summed E-state index contributed by atoms with van der Waals surface area (Å²) in [6.45, 7) is 7.03. The zero-order valence-electron chi connectivity index (χ0n) is 13.6. The summed E-state index contributed by atoms with van der Waals surface area (Å²) < 4.78 is 2.14. The molecule has 0 unspecified atom stereocenters. The van der Waals surface area contributed by atoms with Gasteiger partial charge in [-0.1, -0.05) is 23.2 Å². The molecule has 1 aliphatic rings. The summed E-state index contributed by atoms with van der Waals surface area (Å²) >= 11 is 12.0. The van der Waals surface area contributed by atoms with Crippen LogP contribution < -0.4 is 0 Å². The van der Waals surface area contributed by atoms with E-state index < -0.39 is 0 Å². The van der Waals surface area contributed by atoms with Gasteiger partial charge in [-0.2, -0.15) is 0 Å². The average molecular weight is 367 g/mol. The van der Waals surface area contributed by atoms with E-state index >= 15 is 0 Å². The van der Waals surface area contributed by atoms with Crippen molar-refractivity contribution in [1.29, 1.82) is 0 Å². The van der Waals surface area contributed by atoms with Crippen LogP contribution >= 0.6 is 23.2 Å². The van der Waals surface area contributed by atoms with Gasteiger partial charge in [0.15, 0.2) is 0 Å². The number of nitrogens with zero attached hydrogens (tertiary/aromatic N) is 4. The van der Waals surface area contributed by atoms with Crippen LogP contribution in [-0.2, 0) is 6.54 Å². The number of benzene rings is 1. The van der Waals surface area contributed by atoms with E-state index in [9.17, 15) is 4.79 Å². The van der Waals surface area contributed by atoms with E-state index in [4.69, 9.17) is 23.2 Å². The third-order valence-electron chi connectivity index (χ3n) is 4.40. The first-order chi connectivity index (χ1) is 11.5. The Hall–Kier alpha value is -1.56. The van der Waals surface area contributed by atoms with E-state index in [1.54, 1.807) is 18.2 Å². The molecule has 0 N–H and O–H groups in total. The summed E-state index contributed by atoms with van der Waals surface area (Å²) in [6, 6.07) is 5.01. The number of carbonyl (C=O) groups excluding carboxylic acids is 1. The molecule has 2 heterocycles. The molecule has 24 heavy (non-hydrogen) atoms. The summed E-state index contributed by atoms with van der Waals surface area (Å²) in [4.78, 5) is 21.1. The number of carbonyl (C=O) groups is 1. The van der Waals surface area contributed by atoms with Crippen LogP contribution in [0.5, 0.6) is 0 Å². The van der Waals surface area contributed by atoms with E-state index in [1.165, 1.54) is 0 Å². The van der Waals surface area contributed by atoms with Gasteiger partial charge in [0.2, 0.25) is 0 Å². The smallest absolute Gasteiger partial charge is 0.255 e. The minimum Gasteiger partial charge on any atom is -0.336 e. The molecule has 2 aromatic rings. The van der Waals surface area contributed by atoms with E-state index in [-0.39, 0.29) is 5.91 Å². The SMILES string of the molecule is Cc1nccn1CCN1CCN(C(=O)c2ccc(Cl)cc2Cl)CC1. The van der Waals surface area contributed by atoms with E-state index in [1.807, 2.05) is 24.2 Å². The fourth-order valence-corrected chi connectivity index (χ4v) is 3.39. The van der Waals surface area contributed by atoms with Gasteiger partial charge < -0.3 is 9.47 Å². The van der Waals surface area contributed by atoms with Crippen LogP contribution in [0.4, 0.5) is 0 Å². The zero-order valence-corrected chi connectivity index (χ0v) is 15.1. The fourth-order valence-electron chi connectivity index (χ4n) is 2.90. The number of halogens is 2. The van der Waals surface area contributed by atoms with Crippen molar-refractivity contribution < 1.29 is 4.79 Å². The molecule has 0 aliphatic carbocycles. The summed E-state index contributed by atoms with van der Waals surface area (Å²) in [5, 5.41) is 0.946. The fraction of sp³-hybridized carbons (Fsp3) is 0.412. The van der Waals surface area contributed by atoms with E-state index in [0.717, 1.165) is 32.0 Å². The molecule has 7 heteroatoms. The summed E-state index contributed by atoms with van der Waals surface area (Å²) in [7, 11) is 0. The highest BCUT2D eigenvalue weighted by atomic mass is 35.5. The van der Waals surface area contributed by atoms with Crippen LogP contribution in [-0.4, -0.2) is 58.0 Å². The van der Waals surface area contributed by atoms with Crippen molar-refractivity contribution in [3.8, 4) is 0 Å². The highest BCUT2D eigenvalue weighted by Crippen LogP contribution is 2.22. The van der Waals surface area contributed by atoms with Crippen molar-refractivity contribution in [3.63, 3.8) is 0 Å². The van der Waals surface area contributed by atoms with Crippen LogP contribution in [0.25, 0.3) is 0 Å². The molecule has 1 aliphatic heterocycles. The second-order valence-electron chi connectivity index (χ2n) is 5.93. The number of aromatic nitrogens is 2. The second-order valence-corrected chi connectivity index (χ2v) is 6.77. The molecule has 1 fully saturated rings. The summed E-state index contributed by atoms with van der Waals surface area (Å²) in [5.74, 6) is 1.00. The summed E-state index contributed by atoms with van der Waals surface area (Å²) in [6.07, 6.45) is 3.82. The maximum Gasteiger partial charge on any atom is 0.255 e. The Morgan fingerprint density at radius 3 is 2.54 bits per heavy atom. The van der Waals surface area contributed by atoms with Gasteiger partial charge in [-0.05, 0) is 25.1 Å². The largest absolute Gasteiger partial charge is 0.336 e. The lowest BCUT2D eigenvalue weighted by atomic mass is 10.2. The Bertz CT molecular complexity index is 723. The zero-order chi connectivity index (χ0) is 17.1. The maximum atomic E-state index is 12.6. The Kier molecular flexibility index (Phi) is 5.43. The number of amides is 1. The Morgan fingerprint density at radius 1 is 1.17 bits per heavy atom. The van der Waals surface area contributed by atoms with Crippen LogP contribution in [0.3, 0.4) is 0 Å². The van der Waals surface area contributed by atoms with Crippen LogP contribution in [0.1, 0.15) is 16.2 Å². The minimum atomic E-state index is -0.0261. The molecule has 1 aromatic carbocycles. The summed E-state index contributed by atoms with van der Waals surface area (Å²) in [5.41, 5.74) is 0.517. The first-order valence-electron chi connectivity index (χ1n) is 7.99. The third-order valence-corrected chi connectivity index (χ3v) is 4.95. The molecule has 5 nitrogen and oxygen atoms in total. The highest BCUT2D eigenvalue weighted by Gasteiger charge is 2.23. The monoisotopic (exact) mass is 366 g/mol. The first-order valence-corrected chi connectivity index (χ1v) is 8.74. The van der Waals surface area contributed by atoms with Crippen LogP contribution in [0, 0.1) is 6.92 Å². The van der Waals surface area contributed by atoms with Crippen molar-refractivity contribution in [1.82, 2.24) is 19.4 Å². The van der Waals surface area contributed by atoms with Crippen molar-refractivity contribution in [3.05, 3.63) is 52.0 Å². The van der Waals surface area contributed by atoms with Crippen LogP contribution in [0.15, 0.2) is 30.6 Å². The quantitative estimate of drug-likeness (QED) is 0.835. The number of rotatable bonds is 4.